The van der Waals surface area contributed by atoms with Gasteiger partial charge in [-0.15, -0.1) is 10.2 Å². The molecule has 0 aliphatic heterocycles. The number of alkyl halides is 2. The summed E-state index contributed by atoms with van der Waals surface area (Å²) in [6, 6.07) is 6.00. The number of hydrogen-bond donors (Lipinski definition) is 0. The smallest absolute Gasteiger partial charge is 0.387 e. The molecule has 0 radical (unpaired) electrons. The predicted octanol–water partition coefficient (Wildman–Crippen LogP) is 3.54. The van der Waals surface area contributed by atoms with Crippen LogP contribution in [0.5, 0.6) is 5.75 Å². The Morgan fingerprint density at radius 2 is 1.97 bits per heavy atom. The Kier molecular flexibility index (Phi) is 6.40. The van der Waals surface area contributed by atoms with Crippen LogP contribution in [0.4, 0.5) is 14.5 Å². The maximum Gasteiger partial charge on any atom is 0.387 e. The van der Waals surface area contributed by atoms with Gasteiger partial charge in [-0.05, 0) is 50.6 Å². The molecule has 13 heteroatoms. The summed E-state index contributed by atoms with van der Waals surface area (Å²) in [5.41, 5.74) is 1.44. The lowest BCUT2D eigenvalue weighted by Crippen LogP contribution is -2.03. The second kappa shape index (κ2) is 8.98. The van der Waals surface area contributed by atoms with Crippen molar-refractivity contribution in [2.45, 2.75) is 38.4 Å². The summed E-state index contributed by atoms with van der Waals surface area (Å²) >= 11 is 1.26. The zero-order valence-corrected chi connectivity index (χ0v) is 17.0. The third kappa shape index (κ3) is 4.79. The lowest BCUT2D eigenvalue weighted by Gasteiger charge is -2.05. The predicted molar refractivity (Wildman–Crippen MR) is 105 cm³/mol. The average molecular weight is 437 g/mol. The first kappa shape index (κ1) is 21.4. The van der Waals surface area contributed by atoms with Crippen molar-refractivity contribution < 1.29 is 18.4 Å². The Labute approximate surface area is 173 Å². The van der Waals surface area contributed by atoms with E-state index in [-0.39, 0.29) is 17.3 Å². The van der Waals surface area contributed by atoms with Crippen LogP contribution >= 0.6 is 11.8 Å². The molecular weight excluding hydrogens is 420 g/mol. The van der Waals surface area contributed by atoms with Crippen LogP contribution in [0.2, 0.25) is 0 Å². The van der Waals surface area contributed by atoms with E-state index in [1.807, 2.05) is 0 Å². The highest BCUT2D eigenvalue weighted by Crippen LogP contribution is 2.25. The monoisotopic (exact) mass is 437 g/mol. The molecule has 2 aromatic heterocycles. The summed E-state index contributed by atoms with van der Waals surface area (Å²) in [4.78, 5) is 10.7. The fourth-order valence-corrected chi connectivity index (χ4v) is 3.51. The van der Waals surface area contributed by atoms with Crippen molar-refractivity contribution in [3.63, 3.8) is 0 Å². The molecule has 10 nitrogen and oxygen atoms in total. The summed E-state index contributed by atoms with van der Waals surface area (Å²) in [5.74, 6) is 0.872. The second-order valence-corrected chi connectivity index (χ2v) is 7.00. The standard InChI is InChI=1S/C17H17F2N7O3S/c1-10-15(26(27)28)11(2)24(23-10)9-30-17-22-21-12(3)25(17)20-8-13-4-6-14(7-5-13)29-16(18)19/h4-8,16H,9H2,1-3H3/b20-8+. The van der Waals surface area contributed by atoms with E-state index in [0.29, 0.717) is 27.9 Å². The van der Waals surface area contributed by atoms with Gasteiger partial charge in [0.05, 0.1) is 17.0 Å². The third-order valence-electron chi connectivity index (χ3n) is 4.04. The lowest BCUT2D eigenvalue weighted by atomic mass is 10.2. The van der Waals surface area contributed by atoms with E-state index < -0.39 is 11.5 Å². The van der Waals surface area contributed by atoms with Crippen molar-refractivity contribution in [3.05, 3.63) is 57.2 Å². The van der Waals surface area contributed by atoms with Gasteiger partial charge in [0.2, 0.25) is 5.16 Å². The van der Waals surface area contributed by atoms with Gasteiger partial charge < -0.3 is 4.74 Å². The van der Waals surface area contributed by atoms with Crippen LogP contribution in [0.1, 0.15) is 22.8 Å². The van der Waals surface area contributed by atoms with Crippen molar-refractivity contribution in [1.82, 2.24) is 24.7 Å². The molecule has 0 unspecified atom stereocenters. The van der Waals surface area contributed by atoms with Gasteiger partial charge >= 0.3 is 12.3 Å². The summed E-state index contributed by atoms with van der Waals surface area (Å²) in [6.07, 6.45) is 1.53. The molecule has 0 N–H and O–H groups in total. The van der Waals surface area contributed by atoms with Crippen LogP contribution in [-0.2, 0) is 5.88 Å². The zero-order valence-electron chi connectivity index (χ0n) is 16.2. The van der Waals surface area contributed by atoms with E-state index in [4.69, 9.17) is 0 Å². The van der Waals surface area contributed by atoms with Gasteiger partial charge in [-0.1, -0.05) is 11.8 Å². The molecular formula is C17H17F2N7O3S. The lowest BCUT2D eigenvalue weighted by molar-refractivity contribution is -0.386. The molecule has 0 saturated heterocycles. The first-order valence-electron chi connectivity index (χ1n) is 8.58. The molecule has 0 fully saturated rings. The van der Waals surface area contributed by atoms with Crippen LogP contribution in [0, 0.1) is 30.9 Å². The molecule has 0 amide bonds. The maximum atomic E-state index is 12.2. The van der Waals surface area contributed by atoms with Crippen LogP contribution < -0.4 is 4.74 Å². The van der Waals surface area contributed by atoms with E-state index in [1.165, 1.54) is 39.5 Å². The Morgan fingerprint density at radius 3 is 2.57 bits per heavy atom. The molecule has 0 bridgehead atoms. The minimum absolute atomic E-state index is 0.00876. The highest BCUT2D eigenvalue weighted by molar-refractivity contribution is 7.98. The molecule has 30 heavy (non-hydrogen) atoms. The number of thioether (sulfide) groups is 1. The minimum atomic E-state index is -2.88. The summed E-state index contributed by atoms with van der Waals surface area (Å²) < 4.78 is 31.8. The van der Waals surface area contributed by atoms with Crippen molar-refractivity contribution in [3.8, 4) is 5.75 Å². The topological polar surface area (TPSA) is 113 Å². The number of benzene rings is 1. The van der Waals surface area contributed by atoms with Crippen molar-refractivity contribution >= 4 is 23.7 Å². The largest absolute Gasteiger partial charge is 0.435 e. The SMILES string of the molecule is Cc1nn(CSc2nnc(C)n2/N=C/c2ccc(OC(F)F)cc2)c(C)c1[N+](=O)[O-]. The summed E-state index contributed by atoms with van der Waals surface area (Å²) in [7, 11) is 0. The minimum Gasteiger partial charge on any atom is -0.435 e. The fourth-order valence-electron chi connectivity index (χ4n) is 2.62. The number of rotatable bonds is 8. The van der Waals surface area contributed by atoms with Gasteiger partial charge in [0, 0.05) is 0 Å². The van der Waals surface area contributed by atoms with Crippen molar-refractivity contribution in [2.24, 2.45) is 5.10 Å². The van der Waals surface area contributed by atoms with Gasteiger partial charge in [-0.2, -0.15) is 23.7 Å². The van der Waals surface area contributed by atoms with E-state index in [1.54, 1.807) is 32.9 Å². The zero-order chi connectivity index (χ0) is 21.8. The molecule has 3 aromatic rings. The number of nitro groups is 1. The maximum absolute atomic E-state index is 12.2. The van der Waals surface area contributed by atoms with Crippen molar-refractivity contribution in [2.75, 3.05) is 0 Å². The highest BCUT2D eigenvalue weighted by atomic mass is 32.2. The molecule has 158 valence electrons. The quantitative estimate of drug-likeness (QED) is 0.229. The highest BCUT2D eigenvalue weighted by Gasteiger charge is 2.22. The molecule has 0 spiro atoms. The Morgan fingerprint density at radius 1 is 1.27 bits per heavy atom. The first-order valence-corrected chi connectivity index (χ1v) is 9.57. The third-order valence-corrected chi connectivity index (χ3v) is 4.92. The van der Waals surface area contributed by atoms with Crippen LogP contribution in [0.25, 0.3) is 0 Å². The van der Waals surface area contributed by atoms with E-state index in [9.17, 15) is 18.9 Å². The van der Waals surface area contributed by atoms with Crippen molar-refractivity contribution in [1.29, 1.82) is 0 Å². The van der Waals surface area contributed by atoms with Crippen LogP contribution in [-0.4, -0.2) is 42.4 Å². The van der Waals surface area contributed by atoms with E-state index in [2.05, 4.69) is 25.1 Å². The number of nitrogens with zero attached hydrogens (tertiary/aromatic N) is 7. The van der Waals surface area contributed by atoms with E-state index in [0.717, 1.165) is 0 Å². The molecule has 0 aliphatic rings. The number of aryl methyl sites for hydroxylation is 2. The molecule has 0 aliphatic carbocycles. The van der Waals surface area contributed by atoms with Crippen LogP contribution in [0.3, 0.4) is 0 Å². The first-order chi connectivity index (χ1) is 14.3. The van der Waals surface area contributed by atoms with Gasteiger partial charge in [-0.3, -0.25) is 14.8 Å². The molecule has 3 rings (SSSR count). The number of ether oxygens (including phenoxy) is 1. The Bertz CT molecular complexity index is 1080. The number of aromatic nitrogens is 5. The van der Waals surface area contributed by atoms with E-state index >= 15 is 0 Å². The number of halogens is 2. The van der Waals surface area contributed by atoms with Crippen LogP contribution in [0.15, 0.2) is 34.5 Å². The Balaban J connectivity index is 1.73. The average Bonchev–Trinajstić information content (AvgIpc) is 3.17. The molecule has 2 heterocycles. The van der Waals surface area contributed by atoms with Gasteiger partial charge in [0.25, 0.3) is 0 Å². The van der Waals surface area contributed by atoms with Gasteiger partial charge in [0.15, 0.2) is 5.82 Å². The Hall–Kier alpha value is -3.35. The molecule has 0 atom stereocenters. The summed E-state index contributed by atoms with van der Waals surface area (Å²) in [5, 5.41) is 28.2. The van der Waals surface area contributed by atoms with Gasteiger partial charge in [0.1, 0.15) is 17.1 Å². The molecule has 1 aromatic carbocycles. The second-order valence-electron chi connectivity index (χ2n) is 6.08. The summed E-state index contributed by atoms with van der Waals surface area (Å²) in [6.45, 7) is 2.06. The number of hydrogen-bond acceptors (Lipinski definition) is 8. The fraction of sp³-hybridized carbons (Fsp3) is 0.294. The normalized spacial score (nSPS) is 11.5. The van der Waals surface area contributed by atoms with Gasteiger partial charge in [-0.25, -0.2) is 0 Å². The molecule has 0 saturated carbocycles.